The van der Waals surface area contributed by atoms with E-state index in [1.807, 2.05) is 31.2 Å². The average molecular weight is 259 g/mol. The smallest absolute Gasteiger partial charge is 0.128 e. The summed E-state index contributed by atoms with van der Waals surface area (Å²) in [6.45, 7) is 4.85. The maximum Gasteiger partial charge on any atom is 0.128 e. The summed E-state index contributed by atoms with van der Waals surface area (Å²) < 4.78 is 5.33. The molecule has 1 saturated heterocycles. The van der Waals surface area contributed by atoms with Crippen LogP contribution in [0.3, 0.4) is 0 Å². The van der Waals surface area contributed by atoms with Crippen molar-refractivity contribution in [1.29, 1.82) is 5.41 Å². The van der Waals surface area contributed by atoms with Crippen LogP contribution < -0.4 is 10.1 Å². The first-order valence-electron chi connectivity index (χ1n) is 6.46. The van der Waals surface area contributed by atoms with E-state index in [1.54, 1.807) is 7.11 Å². The van der Waals surface area contributed by atoms with Gasteiger partial charge in [0.1, 0.15) is 5.75 Å². The van der Waals surface area contributed by atoms with Crippen LogP contribution in [0.2, 0.25) is 0 Å². The first kappa shape index (κ1) is 13.6. The van der Waals surface area contributed by atoms with Gasteiger partial charge in [-0.3, -0.25) is 4.90 Å². The number of piperazine rings is 1. The SMILES string of the molecule is COc1ccc(C)cc1C(=N)/C=C1/CN(C)CCN1. The molecule has 0 amide bonds. The van der Waals surface area contributed by atoms with Crippen LogP contribution in [0.15, 0.2) is 30.0 Å². The van der Waals surface area contributed by atoms with E-state index in [1.165, 1.54) is 0 Å². The summed E-state index contributed by atoms with van der Waals surface area (Å²) in [5.74, 6) is 0.747. The van der Waals surface area contributed by atoms with Crippen LogP contribution >= 0.6 is 0 Å². The van der Waals surface area contributed by atoms with Gasteiger partial charge in [-0.2, -0.15) is 0 Å². The first-order valence-corrected chi connectivity index (χ1v) is 6.46. The van der Waals surface area contributed by atoms with Crippen LogP contribution in [-0.2, 0) is 0 Å². The van der Waals surface area contributed by atoms with Crippen LogP contribution in [0, 0.1) is 12.3 Å². The number of hydrogen-bond acceptors (Lipinski definition) is 4. The summed E-state index contributed by atoms with van der Waals surface area (Å²) in [7, 11) is 3.73. The number of methoxy groups -OCH3 is 1. The van der Waals surface area contributed by atoms with E-state index in [2.05, 4.69) is 17.3 Å². The number of rotatable bonds is 3. The van der Waals surface area contributed by atoms with Crippen LogP contribution in [-0.4, -0.2) is 44.4 Å². The molecular formula is C15H21N3O. The lowest BCUT2D eigenvalue weighted by molar-refractivity contribution is 0.323. The Balaban J connectivity index is 2.24. The van der Waals surface area contributed by atoms with E-state index in [0.717, 1.165) is 42.2 Å². The number of nitrogens with zero attached hydrogens (tertiary/aromatic N) is 1. The van der Waals surface area contributed by atoms with E-state index in [0.29, 0.717) is 5.71 Å². The highest BCUT2D eigenvalue weighted by molar-refractivity contribution is 6.08. The zero-order valence-electron chi connectivity index (χ0n) is 11.8. The Bertz CT molecular complexity index is 508. The third kappa shape index (κ3) is 3.35. The molecule has 0 atom stereocenters. The molecule has 1 aliphatic heterocycles. The van der Waals surface area contributed by atoms with Crippen LogP contribution in [0.25, 0.3) is 0 Å². The van der Waals surface area contributed by atoms with Gasteiger partial charge in [-0.05, 0) is 32.2 Å². The second-order valence-electron chi connectivity index (χ2n) is 4.95. The molecular weight excluding hydrogens is 238 g/mol. The van der Waals surface area contributed by atoms with Gasteiger partial charge in [0.25, 0.3) is 0 Å². The number of benzene rings is 1. The minimum atomic E-state index is 0.485. The van der Waals surface area contributed by atoms with Crippen molar-refractivity contribution in [2.24, 2.45) is 0 Å². The third-order valence-corrected chi connectivity index (χ3v) is 3.25. The van der Waals surface area contributed by atoms with E-state index in [9.17, 15) is 0 Å². The molecule has 0 spiro atoms. The van der Waals surface area contributed by atoms with Crippen molar-refractivity contribution in [3.63, 3.8) is 0 Å². The summed E-state index contributed by atoms with van der Waals surface area (Å²) in [5, 5.41) is 11.6. The molecule has 4 nitrogen and oxygen atoms in total. The molecule has 4 heteroatoms. The number of ether oxygens (including phenoxy) is 1. The highest BCUT2D eigenvalue weighted by Gasteiger charge is 2.12. The second kappa shape index (κ2) is 5.89. The largest absolute Gasteiger partial charge is 0.496 e. The molecule has 0 aromatic heterocycles. The standard InChI is InChI=1S/C15H21N3O/c1-11-4-5-15(19-3)13(8-11)14(16)9-12-10-18(2)7-6-17-12/h4-5,8-9,16-17H,6-7,10H2,1-3H3/b12-9-,16-14?. The van der Waals surface area contributed by atoms with E-state index in [-0.39, 0.29) is 0 Å². The molecule has 102 valence electrons. The van der Waals surface area contributed by atoms with Gasteiger partial charge in [0.2, 0.25) is 0 Å². The molecule has 0 bridgehead atoms. The lowest BCUT2D eigenvalue weighted by Gasteiger charge is -2.26. The predicted octanol–water partition coefficient (Wildman–Crippen LogP) is 1.79. The minimum absolute atomic E-state index is 0.485. The van der Waals surface area contributed by atoms with Crippen LogP contribution in [0.4, 0.5) is 0 Å². The summed E-state index contributed by atoms with van der Waals surface area (Å²) in [6.07, 6.45) is 1.90. The molecule has 1 aromatic carbocycles. The first-order chi connectivity index (χ1) is 9.10. The number of hydrogen-bond donors (Lipinski definition) is 2. The number of aryl methyl sites for hydroxylation is 1. The number of likely N-dealkylation sites (N-methyl/N-ethyl adjacent to an activating group) is 1. The summed E-state index contributed by atoms with van der Waals surface area (Å²) >= 11 is 0. The van der Waals surface area contributed by atoms with Gasteiger partial charge in [-0.15, -0.1) is 0 Å². The summed E-state index contributed by atoms with van der Waals surface area (Å²) in [6, 6.07) is 5.90. The van der Waals surface area contributed by atoms with Crippen molar-refractivity contribution in [3.8, 4) is 5.75 Å². The Hall–Kier alpha value is -1.81. The number of nitrogens with one attached hydrogen (secondary N) is 2. The highest BCUT2D eigenvalue weighted by atomic mass is 16.5. The lowest BCUT2D eigenvalue weighted by atomic mass is 10.0. The molecule has 2 rings (SSSR count). The van der Waals surface area contributed by atoms with Gasteiger partial charge in [0.05, 0.1) is 12.8 Å². The molecule has 1 aromatic rings. The zero-order valence-corrected chi connectivity index (χ0v) is 11.8. The lowest BCUT2D eigenvalue weighted by Crippen LogP contribution is -2.39. The fourth-order valence-electron chi connectivity index (χ4n) is 2.21. The molecule has 1 fully saturated rings. The molecule has 1 heterocycles. The molecule has 0 aliphatic carbocycles. The molecule has 19 heavy (non-hydrogen) atoms. The maximum absolute atomic E-state index is 8.26. The third-order valence-electron chi connectivity index (χ3n) is 3.25. The molecule has 2 N–H and O–H groups in total. The van der Waals surface area contributed by atoms with E-state index < -0.39 is 0 Å². The van der Waals surface area contributed by atoms with Gasteiger partial charge < -0.3 is 15.5 Å². The van der Waals surface area contributed by atoms with E-state index in [4.69, 9.17) is 10.1 Å². The Labute approximate surface area is 114 Å². The summed E-state index contributed by atoms with van der Waals surface area (Å²) in [5.41, 5.74) is 3.54. The quantitative estimate of drug-likeness (QED) is 0.814. The molecule has 1 aliphatic rings. The van der Waals surface area contributed by atoms with Crippen molar-refractivity contribution >= 4 is 5.71 Å². The second-order valence-corrected chi connectivity index (χ2v) is 4.95. The van der Waals surface area contributed by atoms with Crippen molar-refractivity contribution in [2.45, 2.75) is 6.92 Å². The van der Waals surface area contributed by atoms with Crippen molar-refractivity contribution in [2.75, 3.05) is 33.8 Å². The normalized spacial score (nSPS) is 18.2. The van der Waals surface area contributed by atoms with Gasteiger partial charge >= 0.3 is 0 Å². The Morgan fingerprint density at radius 1 is 1.47 bits per heavy atom. The molecule has 0 saturated carbocycles. The van der Waals surface area contributed by atoms with Crippen molar-refractivity contribution < 1.29 is 4.74 Å². The minimum Gasteiger partial charge on any atom is -0.496 e. The van der Waals surface area contributed by atoms with Crippen molar-refractivity contribution in [1.82, 2.24) is 10.2 Å². The zero-order chi connectivity index (χ0) is 13.8. The van der Waals surface area contributed by atoms with Gasteiger partial charge in [0.15, 0.2) is 0 Å². The Morgan fingerprint density at radius 2 is 2.26 bits per heavy atom. The van der Waals surface area contributed by atoms with Crippen molar-refractivity contribution in [3.05, 3.63) is 41.1 Å². The number of allylic oxidation sites excluding steroid dienone is 1. The molecule has 0 unspecified atom stereocenters. The Morgan fingerprint density at radius 3 is 2.95 bits per heavy atom. The fraction of sp³-hybridized carbons (Fsp3) is 0.400. The monoisotopic (exact) mass is 259 g/mol. The van der Waals surface area contributed by atoms with E-state index >= 15 is 0 Å². The highest BCUT2D eigenvalue weighted by Crippen LogP contribution is 2.21. The van der Waals surface area contributed by atoms with Crippen LogP contribution in [0.1, 0.15) is 11.1 Å². The maximum atomic E-state index is 8.26. The van der Waals surface area contributed by atoms with Gasteiger partial charge in [0, 0.05) is 30.9 Å². The summed E-state index contributed by atoms with van der Waals surface area (Å²) in [4.78, 5) is 2.24. The topological polar surface area (TPSA) is 48.4 Å². The van der Waals surface area contributed by atoms with Gasteiger partial charge in [-0.25, -0.2) is 0 Å². The predicted molar refractivity (Wildman–Crippen MR) is 78.1 cm³/mol. The molecule has 0 radical (unpaired) electrons. The van der Waals surface area contributed by atoms with Crippen LogP contribution in [0.5, 0.6) is 5.75 Å². The average Bonchev–Trinajstić information content (AvgIpc) is 2.38. The van der Waals surface area contributed by atoms with Gasteiger partial charge in [-0.1, -0.05) is 11.6 Å². The Kier molecular flexibility index (Phi) is 4.22. The fourth-order valence-corrected chi connectivity index (χ4v) is 2.21.